The molecule has 0 saturated carbocycles. The van der Waals surface area contributed by atoms with Crippen molar-refractivity contribution in [3.8, 4) is 11.5 Å². The van der Waals surface area contributed by atoms with E-state index < -0.39 is 23.7 Å². The molecule has 5 rings (SSSR count). The summed E-state index contributed by atoms with van der Waals surface area (Å²) in [4.78, 5) is 11.0. The maximum atomic E-state index is 14.8. The SMILES string of the molecule is O=C(O)C[C@@H]1COc2cc(O[C@@H]3CCc4c(Cc5cc(F)cc(F)c5)ccc(F)c43)ccc21. The molecule has 0 saturated heterocycles. The zero-order chi connectivity index (χ0) is 23.1. The van der Waals surface area contributed by atoms with Crippen LogP contribution in [0.4, 0.5) is 13.2 Å². The molecule has 2 aliphatic rings. The highest BCUT2D eigenvalue weighted by atomic mass is 19.1. The standard InChI is InChI=1S/C26H21F3O4/c27-17-8-14(9-18(28)11-17)7-15-1-5-22(29)26-21(15)4-6-23(26)33-19-2-3-20-16(10-25(30)31)13-32-24(20)12-19/h1-3,5,8-9,11-12,16,23H,4,6-7,10,13H2,(H,30,31)/t16-,23-/m1/s1. The van der Waals surface area contributed by atoms with Crippen LogP contribution in [0.3, 0.4) is 0 Å². The van der Waals surface area contributed by atoms with Crippen molar-refractivity contribution in [1.29, 1.82) is 0 Å². The maximum Gasteiger partial charge on any atom is 0.304 e. The molecule has 7 heteroatoms. The largest absolute Gasteiger partial charge is 0.492 e. The molecule has 0 spiro atoms. The van der Waals surface area contributed by atoms with Crippen LogP contribution in [0.5, 0.6) is 11.5 Å². The predicted octanol–water partition coefficient (Wildman–Crippen LogP) is 5.71. The van der Waals surface area contributed by atoms with Crippen LogP contribution in [0, 0.1) is 17.5 Å². The Balaban J connectivity index is 1.38. The summed E-state index contributed by atoms with van der Waals surface area (Å²) in [6.07, 6.45) is 0.944. The number of carboxylic acid groups (broad SMARTS) is 1. The van der Waals surface area contributed by atoms with Gasteiger partial charge in [0.05, 0.1) is 13.0 Å². The Bertz CT molecular complexity index is 1220. The van der Waals surface area contributed by atoms with Crippen LogP contribution >= 0.6 is 0 Å². The van der Waals surface area contributed by atoms with E-state index in [-0.39, 0.29) is 18.2 Å². The third-order valence-electron chi connectivity index (χ3n) is 6.26. The van der Waals surface area contributed by atoms with Gasteiger partial charge in [-0.25, -0.2) is 13.2 Å². The first-order valence-corrected chi connectivity index (χ1v) is 10.8. The number of rotatable bonds is 6. The molecule has 0 amide bonds. The van der Waals surface area contributed by atoms with Crippen molar-refractivity contribution in [2.24, 2.45) is 0 Å². The third kappa shape index (κ3) is 4.27. The molecule has 0 bridgehead atoms. The lowest BCUT2D eigenvalue weighted by Gasteiger charge is -2.17. The fourth-order valence-corrected chi connectivity index (χ4v) is 4.84. The number of benzene rings is 3. The molecular formula is C26H21F3O4. The summed E-state index contributed by atoms with van der Waals surface area (Å²) < 4.78 is 53.7. The molecule has 0 fully saturated rings. The Morgan fingerprint density at radius 3 is 2.61 bits per heavy atom. The first-order chi connectivity index (χ1) is 15.9. The van der Waals surface area contributed by atoms with Gasteiger partial charge in [-0.3, -0.25) is 4.79 Å². The molecule has 3 aromatic rings. The Hall–Kier alpha value is -3.48. The number of ether oxygens (including phenoxy) is 2. The lowest BCUT2D eigenvalue weighted by molar-refractivity contribution is -0.137. The fraction of sp³-hybridized carbons (Fsp3) is 0.269. The monoisotopic (exact) mass is 454 g/mol. The van der Waals surface area contributed by atoms with E-state index in [1.807, 2.05) is 0 Å². The average molecular weight is 454 g/mol. The third-order valence-corrected chi connectivity index (χ3v) is 6.26. The fourth-order valence-electron chi connectivity index (χ4n) is 4.84. The summed E-state index contributed by atoms with van der Waals surface area (Å²) in [6, 6.07) is 11.7. The second kappa shape index (κ2) is 8.46. The number of hydrogen-bond acceptors (Lipinski definition) is 3. The van der Waals surface area contributed by atoms with Crippen molar-refractivity contribution in [2.75, 3.05) is 6.61 Å². The van der Waals surface area contributed by atoms with E-state index in [0.717, 1.165) is 22.8 Å². The molecular weight excluding hydrogens is 433 g/mol. The van der Waals surface area contributed by atoms with E-state index in [2.05, 4.69) is 0 Å². The number of aliphatic carboxylic acids is 1. The van der Waals surface area contributed by atoms with Gasteiger partial charge >= 0.3 is 5.97 Å². The topological polar surface area (TPSA) is 55.8 Å². The molecule has 2 atom stereocenters. The molecule has 0 aromatic heterocycles. The van der Waals surface area contributed by atoms with Crippen molar-refractivity contribution in [3.63, 3.8) is 0 Å². The molecule has 33 heavy (non-hydrogen) atoms. The zero-order valence-corrected chi connectivity index (χ0v) is 17.6. The van der Waals surface area contributed by atoms with Crippen LogP contribution in [0.2, 0.25) is 0 Å². The summed E-state index contributed by atoms with van der Waals surface area (Å²) >= 11 is 0. The second-order valence-electron chi connectivity index (χ2n) is 8.50. The van der Waals surface area contributed by atoms with Gasteiger partial charge in [-0.05, 0) is 60.2 Å². The van der Waals surface area contributed by atoms with Crippen molar-refractivity contribution in [2.45, 2.75) is 37.7 Å². The molecule has 1 aliphatic carbocycles. The van der Waals surface area contributed by atoms with Crippen molar-refractivity contribution >= 4 is 5.97 Å². The first-order valence-electron chi connectivity index (χ1n) is 10.8. The number of carbonyl (C=O) groups is 1. The van der Waals surface area contributed by atoms with Crippen LogP contribution in [0.25, 0.3) is 0 Å². The van der Waals surface area contributed by atoms with Gasteiger partial charge in [0.25, 0.3) is 0 Å². The number of fused-ring (bicyclic) bond motifs is 2. The number of hydrogen-bond donors (Lipinski definition) is 1. The van der Waals surface area contributed by atoms with Crippen LogP contribution in [-0.4, -0.2) is 17.7 Å². The van der Waals surface area contributed by atoms with Crippen LogP contribution in [0.1, 0.15) is 52.7 Å². The minimum Gasteiger partial charge on any atom is -0.492 e. The summed E-state index contributed by atoms with van der Waals surface area (Å²) in [5.41, 5.74) is 3.40. The van der Waals surface area contributed by atoms with E-state index >= 15 is 0 Å². The highest BCUT2D eigenvalue weighted by Gasteiger charge is 2.31. The molecule has 1 aliphatic heterocycles. The molecule has 1 N–H and O–H groups in total. The van der Waals surface area contributed by atoms with Gasteiger partial charge in [-0.15, -0.1) is 0 Å². The quantitative estimate of drug-likeness (QED) is 0.518. The van der Waals surface area contributed by atoms with Gasteiger partial charge in [-0.2, -0.15) is 0 Å². The minimum atomic E-state index is -0.883. The number of carboxylic acids is 1. The number of halogens is 3. The summed E-state index contributed by atoms with van der Waals surface area (Å²) in [6.45, 7) is 0.302. The minimum absolute atomic E-state index is 0.00753. The van der Waals surface area contributed by atoms with E-state index in [0.29, 0.717) is 48.5 Å². The average Bonchev–Trinajstić information content (AvgIpc) is 3.34. The Morgan fingerprint density at radius 1 is 1.06 bits per heavy atom. The van der Waals surface area contributed by atoms with Crippen LogP contribution in [0.15, 0.2) is 48.5 Å². The zero-order valence-electron chi connectivity index (χ0n) is 17.6. The Kier molecular flexibility index (Phi) is 5.48. The molecule has 170 valence electrons. The maximum absolute atomic E-state index is 14.8. The highest BCUT2D eigenvalue weighted by molar-refractivity contribution is 5.68. The first kappa shape index (κ1) is 21.4. The molecule has 0 unspecified atom stereocenters. The van der Waals surface area contributed by atoms with Crippen molar-refractivity contribution < 1.29 is 32.5 Å². The predicted molar refractivity (Wildman–Crippen MR) is 114 cm³/mol. The van der Waals surface area contributed by atoms with Gasteiger partial charge < -0.3 is 14.6 Å². The van der Waals surface area contributed by atoms with Crippen molar-refractivity contribution in [1.82, 2.24) is 0 Å². The van der Waals surface area contributed by atoms with E-state index in [1.165, 1.54) is 18.2 Å². The second-order valence-corrected chi connectivity index (χ2v) is 8.50. The lowest BCUT2D eigenvalue weighted by Crippen LogP contribution is -2.07. The normalized spacial score (nSPS) is 18.5. The Morgan fingerprint density at radius 2 is 1.85 bits per heavy atom. The van der Waals surface area contributed by atoms with Crippen LogP contribution in [-0.2, 0) is 17.6 Å². The van der Waals surface area contributed by atoms with Gasteiger partial charge in [-0.1, -0.05) is 12.1 Å². The molecule has 4 nitrogen and oxygen atoms in total. The smallest absolute Gasteiger partial charge is 0.304 e. The summed E-state index contributed by atoms with van der Waals surface area (Å²) in [7, 11) is 0. The Labute approximate surface area is 188 Å². The van der Waals surface area contributed by atoms with Gasteiger partial charge in [0.1, 0.15) is 35.1 Å². The van der Waals surface area contributed by atoms with E-state index in [9.17, 15) is 18.0 Å². The summed E-state index contributed by atoms with van der Waals surface area (Å²) in [5.74, 6) is -1.65. The van der Waals surface area contributed by atoms with Gasteiger partial charge in [0, 0.05) is 29.2 Å². The van der Waals surface area contributed by atoms with Gasteiger partial charge in [0.15, 0.2) is 0 Å². The van der Waals surface area contributed by atoms with E-state index in [4.69, 9.17) is 14.6 Å². The van der Waals surface area contributed by atoms with E-state index in [1.54, 1.807) is 24.3 Å². The summed E-state index contributed by atoms with van der Waals surface area (Å²) in [5, 5.41) is 9.05. The lowest BCUT2D eigenvalue weighted by atomic mass is 9.96. The highest BCUT2D eigenvalue weighted by Crippen LogP contribution is 2.42. The van der Waals surface area contributed by atoms with Gasteiger partial charge in [0.2, 0.25) is 0 Å². The van der Waals surface area contributed by atoms with Crippen LogP contribution < -0.4 is 9.47 Å². The molecule has 0 radical (unpaired) electrons. The molecule has 1 heterocycles. The molecule has 3 aromatic carbocycles. The van der Waals surface area contributed by atoms with Crippen molar-refractivity contribution in [3.05, 3.63) is 93.8 Å².